The smallest absolute Gasteiger partial charge is 0.226 e. The lowest BCUT2D eigenvalue weighted by atomic mass is 9.91. The summed E-state index contributed by atoms with van der Waals surface area (Å²) in [6, 6.07) is 7.99. The van der Waals surface area contributed by atoms with E-state index in [1.807, 2.05) is 32.0 Å². The minimum atomic E-state index is -0.140. The zero-order valence-electron chi connectivity index (χ0n) is 14.8. The van der Waals surface area contributed by atoms with E-state index in [0.29, 0.717) is 22.2 Å². The number of halogens is 1. The van der Waals surface area contributed by atoms with E-state index in [4.69, 9.17) is 17.3 Å². The van der Waals surface area contributed by atoms with Crippen molar-refractivity contribution in [3.63, 3.8) is 0 Å². The summed E-state index contributed by atoms with van der Waals surface area (Å²) in [5.41, 5.74) is 9.65. The molecule has 3 rings (SSSR count). The van der Waals surface area contributed by atoms with E-state index in [1.54, 1.807) is 0 Å². The summed E-state index contributed by atoms with van der Waals surface area (Å²) in [4.78, 5) is 11.3. The summed E-state index contributed by atoms with van der Waals surface area (Å²) in [6.45, 7) is 7.50. The van der Waals surface area contributed by atoms with Gasteiger partial charge >= 0.3 is 0 Å². The highest BCUT2D eigenvalue weighted by atomic mass is 35.5. The van der Waals surface area contributed by atoms with E-state index in [-0.39, 0.29) is 5.54 Å². The molecule has 2 N–H and O–H groups in total. The van der Waals surface area contributed by atoms with Crippen molar-refractivity contribution < 1.29 is 0 Å². The fourth-order valence-corrected chi connectivity index (χ4v) is 3.38. The molecule has 0 atom stereocenters. The number of piperidine rings is 1. The molecule has 1 saturated heterocycles. The van der Waals surface area contributed by atoms with E-state index < -0.39 is 0 Å². The maximum absolute atomic E-state index is 9.65. The zero-order valence-corrected chi connectivity index (χ0v) is 15.6. The first-order chi connectivity index (χ1) is 11.8. The topological polar surface area (TPSA) is 78.8 Å². The molecule has 0 bridgehead atoms. The van der Waals surface area contributed by atoms with E-state index in [9.17, 15) is 5.26 Å². The second-order valence-electron chi connectivity index (χ2n) is 7.02. The minimum absolute atomic E-state index is 0.140. The van der Waals surface area contributed by atoms with Crippen molar-refractivity contribution in [2.75, 3.05) is 18.0 Å². The van der Waals surface area contributed by atoms with Crippen LogP contribution in [-0.4, -0.2) is 28.6 Å². The second-order valence-corrected chi connectivity index (χ2v) is 7.40. The van der Waals surface area contributed by atoms with Gasteiger partial charge in [-0.1, -0.05) is 29.8 Å². The van der Waals surface area contributed by atoms with Crippen LogP contribution in [0.15, 0.2) is 18.2 Å². The van der Waals surface area contributed by atoms with Crippen LogP contribution in [0.4, 0.5) is 5.95 Å². The van der Waals surface area contributed by atoms with Gasteiger partial charge in [0.1, 0.15) is 6.07 Å². The Kier molecular flexibility index (Phi) is 4.68. The molecule has 1 fully saturated rings. The van der Waals surface area contributed by atoms with Crippen LogP contribution in [0.2, 0.25) is 5.02 Å². The summed E-state index contributed by atoms with van der Waals surface area (Å²) in [7, 11) is 0. The Morgan fingerprint density at radius 2 is 1.92 bits per heavy atom. The van der Waals surface area contributed by atoms with Crippen molar-refractivity contribution in [3.8, 4) is 17.2 Å². The van der Waals surface area contributed by atoms with Crippen molar-refractivity contribution in [3.05, 3.63) is 40.2 Å². The number of nitrogens with zero attached hydrogens (tertiary/aromatic N) is 4. The number of benzene rings is 1. The van der Waals surface area contributed by atoms with Crippen molar-refractivity contribution in [1.29, 1.82) is 5.26 Å². The van der Waals surface area contributed by atoms with Gasteiger partial charge in [0.25, 0.3) is 0 Å². The number of nitriles is 1. The predicted molar refractivity (Wildman–Crippen MR) is 101 cm³/mol. The molecule has 25 heavy (non-hydrogen) atoms. The molecule has 0 amide bonds. The first kappa shape index (κ1) is 17.7. The molecular weight excluding hydrogens is 334 g/mol. The average Bonchev–Trinajstić information content (AvgIpc) is 2.57. The average molecular weight is 356 g/mol. The minimum Gasteiger partial charge on any atom is -0.341 e. The summed E-state index contributed by atoms with van der Waals surface area (Å²) in [5.74, 6) is 0.595. The molecule has 0 unspecified atom stereocenters. The molecule has 6 heteroatoms. The largest absolute Gasteiger partial charge is 0.341 e. The predicted octanol–water partition coefficient (Wildman–Crippen LogP) is 3.60. The summed E-state index contributed by atoms with van der Waals surface area (Å²) < 4.78 is 0. The number of hydrogen-bond acceptors (Lipinski definition) is 5. The third-order valence-corrected chi connectivity index (χ3v) is 5.34. The van der Waals surface area contributed by atoms with Gasteiger partial charge in [0.05, 0.1) is 10.7 Å². The van der Waals surface area contributed by atoms with Gasteiger partial charge in [0, 0.05) is 29.8 Å². The molecule has 1 aliphatic heterocycles. The highest BCUT2D eigenvalue weighted by molar-refractivity contribution is 6.34. The monoisotopic (exact) mass is 355 g/mol. The van der Waals surface area contributed by atoms with Crippen molar-refractivity contribution in [2.45, 2.75) is 39.2 Å². The molecule has 5 nitrogen and oxygen atoms in total. The lowest BCUT2D eigenvalue weighted by molar-refractivity contribution is 0.361. The van der Waals surface area contributed by atoms with Crippen LogP contribution in [0.5, 0.6) is 0 Å². The third-order valence-electron chi connectivity index (χ3n) is 4.83. The van der Waals surface area contributed by atoms with E-state index in [0.717, 1.165) is 42.8 Å². The Morgan fingerprint density at radius 3 is 2.56 bits per heavy atom. The normalized spacial score (nSPS) is 16.6. The van der Waals surface area contributed by atoms with Crippen LogP contribution in [0.3, 0.4) is 0 Å². The molecule has 2 aromatic rings. The number of hydrogen-bond donors (Lipinski definition) is 1. The lowest BCUT2D eigenvalue weighted by Gasteiger charge is -2.36. The standard InChI is InChI=1S/C19H22ClN5/c1-12-5-4-6-14(17(12)20)16-13(2)23-18(24-15(16)11-21)25-9-7-19(3,22)8-10-25/h4-6H,7-10,22H2,1-3H3. The molecule has 2 heterocycles. The Morgan fingerprint density at radius 1 is 1.24 bits per heavy atom. The number of anilines is 1. The Balaban J connectivity index is 2.03. The second kappa shape index (κ2) is 6.62. The van der Waals surface area contributed by atoms with Crippen molar-refractivity contribution in [1.82, 2.24) is 9.97 Å². The van der Waals surface area contributed by atoms with E-state index in [2.05, 4.69) is 27.9 Å². The summed E-state index contributed by atoms with van der Waals surface area (Å²) in [6.07, 6.45) is 1.76. The first-order valence-electron chi connectivity index (χ1n) is 8.40. The van der Waals surface area contributed by atoms with Gasteiger partial charge in [0.2, 0.25) is 5.95 Å². The third kappa shape index (κ3) is 3.46. The number of nitrogens with two attached hydrogens (primary N) is 1. The van der Waals surface area contributed by atoms with Crippen LogP contribution < -0.4 is 10.6 Å². The molecule has 1 aromatic carbocycles. The van der Waals surface area contributed by atoms with Gasteiger partial charge in [-0.05, 0) is 39.2 Å². The van der Waals surface area contributed by atoms with Crippen molar-refractivity contribution >= 4 is 17.5 Å². The molecule has 1 aliphatic rings. The highest BCUT2D eigenvalue weighted by Gasteiger charge is 2.28. The van der Waals surface area contributed by atoms with Gasteiger partial charge in [0.15, 0.2) is 5.69 Å². The SMILES string of the molecule is Cc1cccc(-c2c(C)nc(N3CCC(C)(N)CC3)nc2C#N)c1Cl. The number of rotatable bonds is 2. The molecule has 0 aliphatic carbocycles. The zero-order chi connectivity index (χ0) is 18.2. The summed E-state index contributed by atoms with van der Waals surface area (Å²) >= 11 is 6.46. The molecule has 1 aromatic heterocycles. The highest BCUT2D eigenvalue weighted by Crippen LogP contribution is 2.34. The first-order valence-corrected chi connectivity index (χ1v) is 8.78. The fourth-order valence-electron chi connectivity index (χ4n) is 3.16. The van der Waals surface area contributed by atoms with Gasteiger partial charge in [-0.25, -0.2) is 9.97 Å². The lowest BCUT2D eigenvalue weighted by Crippen LogP contribution is -2.48. The molecule has 130 valence electrons. The van der Waals surface area contributed by atoms with Crippen molar-refractivity contribution in [2.24, 2.45) is 5.73 Å². The van der Waals surface area contributed by atoms with Gasteiger partial charge in [-0.2, -0.15) is 5.26 Å². The van der Waals surface area contributed by atoms with Crippen LogP contribution in [0.1, 0.15) is 36.7 Å². The van der Waals surface area contributed by atoms with Crippen LogP contribution >= 0.6 is 11.6 Å². The van der Waals surface area contributed by atoms with Crippen LogP contribution in [-0.2, 0) is 0 Å². The Labute approximate surface area is 153 Å². The molecular formula is C19H22ClN5. The van der Waals surface area contributed by atoms with Gasteiger partial charge in [-0.3, -0.25) is 0 Å². The fraction of sp³-hybridized carbons (Fsp3) is 0.421. The molecule has 0 saturated carbocycles. The van der Waals surface area contributed by atoms with Crippen LogP contribution in [0, 0.1) is 25.2 Å². The maximum Gasteiger partial charge on any atom is 0.226 e. The summed E-state index contributed by atoms with van der Waals surface area (Å²) in [5, 5.41) is 10.3. The van der Waals surface area contributed by atoms with Gasteiger partial charge in [-0.15, -0.1) is 0 Å². The molecule has 0 spiro atoms. The quantitative estimate of drug-likeness (QED) is 0.890. The Hall–Kier alpha value is -2.16. The van der Waals surface area contributed by atoms with Crippen LogP contribution in [0.25, 0.3) is 11.1 Å². The maximum atomic E-state index is 9.65. The van der Waals surface area contributed by atoms with E-state index in [1.165, 1.54) is 0 Å². The number of aryl methyl sites for hydroxylation is 2. The van der Waals surface area contributed by atoms with Gasteiger partial charge < -0.3 is 10.6 Å². The molecule has 0 radical (unpaired) electrons. The Bertz CT molecular complexity index is 844. The van der Waals surface area contributed by atoms with E-state index >= 15 is 0 Å². The number of aromatic nitrogens is 2.